The minimum atomic E-state index is -0.0784. The number of anilines is 1. The first-order valence-corrected chi connectivity index (χ1v) is 7.94. The van der Waals surface area contributed by atoms with Crippen LogP contribution in [-0.4, -0.2) is 18.5 Å². The van der Waals surface area contributed by atoms with Crippen molar-refractivity contribution in [2.75, 3.05) is 11.4 Å². The summed E-state index contributed by atoms with van der Waals surface area (Å²) in [4.78, 5) is 14.5. The Kier molecular flexibility index (Phi) is 6.90. The molecule has 0 aliphatic rings. The molecule has 0 bridgehead atoms. The van der Waals surface area contributed by atoms with E-state index >= 15 is 0 Å². The van der Waals surface area contributed by atoms with Gasteiger partial charge < -0.3 is 10.6 Å². The van der Waals surface area contributed by atoms with Gasteiger partial charge in [0.2, 0.25) is 5.91 Å². The van der Waals surface area contributed by atoms with Crippen LogP contribution in [-0.2, 0) is 4.79 Å². The quantitative estimate of drug-likeness (QED) is 0.825. The average molecular weight is 290 g/mol. The fraction of sp³-hybridized carbons (Fsp3) is 0.611. The summed E-state index contributed by atoms with van der Waals surface area (Å²) in [6, 6.07) is 9.81. The predicted molar refractivity (Wildman–Crippen MR) is 90.4 cm³/mol. The standard InChI is InChI=1S/C18H30N2O/c1-5-6-12-20(16-10-8-7-9-11-16)17(21)13-15(19)14-18(2,3)4/h7-11,15H,5-6,12-14,19H2,1-4H3. The molecule has 1 unspecified atom stereocenters. The lowest BCUT2D eigenvalue weighted by Gasteiger charge is -2.27. The zero-order chi connectivity index (χ0) is 15.9. The Labute approximate surface area is 129 Å². The van der Waals surface area contributed by atoms with Crippen LogP contribution >= 0.6 is 0 Å². The maximum Gasteiger partial charge on any atom is 0.228 e. The number of unbranched alkanes of at least 4 members (excludes halogenated alkanes) is 1. The lowest BCUT2D eigenvalue weighted by Crippen LogP contribution is -2.38. The summed E-state index contributed by atoms with van der Waals surface area (Å²) < 4.78 is 0. The normalized spacial score (nSPS) is 13.0. The highest BCUT2D eigenvalue weighted by Crippen LogP contribution is 2.22. The SMILES string of the molecule is CCCCN(C(=O)CC(N)CC(C)(C)C)c1ccccc1. The fourth-order valence-corrected chi connectivity index (χ4v) is 2.52. The predicted octanol–water partition coefficient (Wildman–Crippen LogP) is 3.97. The second-order valence-electron chi connectivity index (χ2n) is 6.96. The van der Waals surface area contributed by atoms with Crippen molar-refractivity contribution in [2.24, 2.45) is 11.1 Å². The Hall–Kier alpha value is -1.35. The van der Waals surface area contributed by atoms with Crippen LogP contribution in [0.15, 0.2) is 30.3 Å². The van der Waals surface area contributed by atoms with E-state index in [0.29, 0.717) is 6.42 Å². The van der Waals surface area contributed by atoms with Gasteiger partial charge in [0, 0.05) is 24.7 Å². The third kappa shape index (κ3) is 6.76. The highest BCUT2D eigenvalue weighted by atomic mass is 16.2. The second kappa shape index (κ2) is 8.18. The summed E-state index contributed by atoms with van der Waals surface area (Å²) >= 11 is 0. The summed E-state index contributed by atoms with van der Waals surface area (Å²) in [5, 5.41) is 0. The maximum atomic E-state index is 12.6. The highest BCUT2D eigenvalue weighted by Gasteiger charge is 2.21. The Morgan fingerprint density at radius 3 is 2.38 bits per heavy atom. The highest BCUT2D eigenvalue weighted by molar-refractivity contribution is 5.93. The zero-order valence-corrected chi connectivity index (χ0v) is 13.9. The fourth-order valence-electron chi connectivity index (χ4n) is 2.52. The summed E-state index contributed by atoms with van der Waals surface area (Å²) in [7, 11) is 0. The van der Waals surface area contributed by atoms with Gasteiger partial charge in [-0.1, -0.05) is 52.3 Å². The molecule has 3 heteroatoms. The molecular formula is C18H30N2O. The first-order valence-electron chi connectivity index (χ1n) is 7.94. The molecule has 118 valence electrons. The van der Waals surface area contributed by atoms with Gasteiger partial charge in [0.1, 0.15) is 0 Å². The molecule has 0 spiro atoms. The van der Waals surface area contributed by atoms with Crippen molar-refractivity contribution >= 4 is 11.6 Å². The number of nitrogens with two attached hydrogens (primary N) is 1. The van der Waals surface area contributed by atoms with Crippen molar-refractivity contribution in [1.82, 2.24) is 0 Å². The average Bonchev–Trinajstić information content (AvgIpc) is 2.38. The smallest absolute Gasteiger partial charge is 0.228 e. The Morgan fingerprint density at radius 1 is 1.24 bits per heavy atom. The van der Waals surface area contributed by atoms with E-state index in [1.54, 1.807) is 0 Å². The summed E-state index contributed by atoms with van der Waals surface area (Å²) in [5.74, 6) is 0.131. The van der Waals surface area contributed by atoms with Crippen LogP contribution in [0.1, 0.15) is 53.4 Å². The van der Waals surface area contributed by atoms with E-state index < -0.39 is 0 Å². The van der Waals surface area contributed by atoms with Gasteiger partial charge in [-0.25, -0.2) is 0 Å². The van der Waals surface area contributed by atoms with E-state index in [0.717, 1.165) is 31.5 Å². The number of hydrogen-bond donors (Lipinski definition) is 1. The number of benzene rings is 1. The third-order valence-electron chi connectivity index (χ3n) is 3.42. The van der Waals surface area contributed by atoms with Crippen LogP contribution < -0.4 is 10.6 Å². The number of carbonyl (C=O) groups excluding carboxylic acids is 1. The van der Waals surface area contributed by atoms with E-state index in [1.807, 2.05) is 35.2 Å². The monoisotopic (exact) mass is 290 g/mol. The molecule has 0 radical (unpaired) electrons. The molecule has 0 aliphatic heterocycles. The number of amides is 1. The van der Waals surface area contributed by atoms with Crippen molar-refractivity contribution in [3.63, 3.8) is 0 Å². The molecule has 0 fully saturated rings. The molecule has 1 aromatic rings. The van der Waals surface area contributed by atoms with Gasteiger partial charge in [0.15, 0.2) is 0 Å². The summed E-state index contributed by atoms with van der Waals surface area (Å²) in [6.07, 6.45) is 3.35. The maximum absolute atomic E-state index is 12.6. The molecule has 21 heavy (non-hydrogen) atoms. The van der Waals surface area contributed by atoms with Crippen LogP contribution in [0, 0.1) is 5.41 Å². The Balaban J connectivity index is 2.72. The van der Waals surface area contributed by atoms with E-state index in [-0.39, 0.29) is 17.4 Å². The van der Waals surface area contributed by atoms with Gasteiger partial charge in [-0.3, -0.25) is 4.79 Å². The molecule has 0 saturated heterocycles. The number of para-hydroxylation sites is 1. The third-order valence-corrected chi connectivity index (χ3v) is 3.42. The van der Waals surface area contributed by atoms with Crippen LogP contribution in [0.25, 0.3) is 0 Å². The van der Waals surface area contributed by atoms with E-state index in [4.69, 9.17) is 5.73 Å². The lowest BCUT2D eigenvalue weighted by atomic mass is 9.87. The molecule has 0 saturated carbocycles. The largest absolute Gasteiger partial charge is 0.327 e. The van der Waals surface area contributed by atoms with Gasteiger partial charge in [-0.15, -0.1) is 0 Å². The van der Waals surface area contributed by atoms with E-state index in [9.17, 15) is 4.79 Å². The molecule has 1 rings (SSSR count). The lowest BCUT2D eigenvalue weighted by molar-refractivity contribution is -0.119. The van der Waals surface area contributed by atoms with Crippen molar-refractivity contribution in [1.29, 1.82) is 0 Å². The van der Waals surface area contributed by atoms with Gasteiger partial charge in [-0.05, 0) is 30.4 Å². The van der Waals surface area contributed by atoms with Crippen LogP contribution in [0.5, 0.6) is 0 Å². The van der Waals surface area contributed by atoms with Gasteiger partial charge in [-0.2, -0.15) is 0 Å². The number of rotatable bonds is 7. The van der Waals surface area contributed by atoms with Crippen LogP contribution in [0.4, 0.5) is 5.69 Å². The van der Waals surface area contributed by atoms with E-state index in [1.165, 1.54) is 0 Å². The van der Waals surface area contributed by atoms with Crippen molar-refractivity contribution in [2.45, 2.75) is 59.4 Å². The van der Waals surface area contributed by atoms with Gasteiger partial charge in [0.05, 0.1) is 0 Å². The first kappa shape index (κ1) is 17.7. The topological polar surface area (TPSA) is 46.3 Å². The van der Waals surface area contributed by atoms with Crippen LogP contribution in [0.2, 0.25) is 0 Å². The molecule has 1 amide bonds. The number of nitrogens with zero attached hydrogens (tertiary/aromatic N) is 1. The van der Waals surface area contributed by atoms with Crippen LogP contribution in [0.3, 0.4) is 0 Å². The molecule has 0 aromatic heterocycles. The minimum Gasteiger partial charge on any atom is -0.327 e. The molecular weight excluding hydrogens is 260 g/mol. The van der Waals surface area contributed by atoms with Crippen molar-refractivity contribution in [3.05, 3.63) is 30.3 Å². The molecule has 2 N–H and O–H groups in total. The minimum absolute atomic E-state index is 0.0784. The number of carbonyl (C=O) groups is 1. The second-order valence-corrected chi connectivity index (χ2v) is 6.96. The Morgan fingerprint density at radius 2 is 1.86 bits per heavy atom. The Bertz CT molecular complexity index is 423. The van der Waals surface area contributed by atoms with E-state index in [2.05, 4.69) is 27.7 Å². The first-order chi connectivity index (χ1) is 9.83. The molecule has 0 heterocycles. The number of hydrogen-bond acceptors (Lipinski definition) is 2. The van der Waals surface area contributed by atoms with Crippen molar-refractivity contribution in [3.8, 4) is 0 Å². The molecule has 1 atom stereocenters. The van der Waals surface area contributed by atoms with Gasteiger partial charge >= 0.3 is 0 Å². The molecule has 0 aliphatic carbocycles. The molecule has 1 aromatic carbocycles. The molecule has 3 nitrogen and oxygen atoms in total. The zero-order valence-electron chi connectivity index (χ0n) is 13.9. The summed E-state index contributed by atoms with van der Waals surface area (Å²) in [5.41, 5.74) is 7.28. The van der Waals surface area contributed by atoms with Gasteiger partial charge in [0.25, 0.3) is 0 Å². The summed E-state index contributed by atoms with van der Waals surface area (Å²) in [6.45, 7) is 9.37. The van der Waals surface area contributed by atoms with Crippen molar-refractivity contribution < 1.29 is 4.79 Å².